The fourth-order valence-corrected chi connectivity index (χ4v) is 2.50. The molecule has 0 aromatic carbocycles. The molecule has 4 heteroatoms. The molecule has 0 bridgehead atoms. The highest BCUT2D eigenvalue weighted by Crippen LogP contribution is 2.23. The zero-order valence-electron chi connectivity index (χ0n) is 12.4. The predicted molar refractivity (Wildman–Crippen MR) is 74.8 cm³/mol. The van der Waals surface area contributed by atoms with Gasteiger partial charge in [0.2, 0.25) is 5.91 Å². The topological polar surface area (TPSA) is 57.6 Å². The van der Waals surface area contributed by atoms with E-state index in [0.29, 0.717) is 30.6 Å². The van der Waals surface area contributed by atoms with E-state index in [2.05, 4.69) is 20.8 Å². The first kappa shape index (κ1) is 16.0. The lowest BCUT2D eigenvalue weighted by atomic mass is 9.91. The van der Waals surface area contributed by atoms with Crippen LogP contribution in [0.3, 0.4) is 0 Å². The lowest BCUT2D eigenvalue weighted by molar-refractivity contribution is -0.137. The van der Waals surface area contributed by atoms with E-state index in [1.54, 1.807) is 0 Å². The molecule has 0 aromatic rings. The molecule has 1 heterocycles. The van der Waals surface area contributed by atoms with Gasteiger partial charge in [-0.1, -0.05) is 20.8 Å². The Morgan fingerprint density at radius 1 is 1.32 bits per heavy atom. The highest BCUT2D eigenvalue weighted by Gasteiger charge is 2.25. The SMILES string of the molecule is CC(C)C(C)CC(=O)N1CCCC(CCC(=O)O)C1. The number of aliphatic carboxylic acids is 1. The molecule has 0 spiro atoms. The summed E-state index contributed by atoms with van der Waals surface area (Å²) in [5.41, 5.74) is 0. The minimum Gasteiger partial charge on any atom is -0.481 e. The summed E-state index contributed by atoms with van der Waals surface area (Å²) in [5, 5.41) is 8.72. The largest absolute Gasteiger partial charge is 0.481 e. The average molecular weight is 269 g/mol. The molecule has 0 saturated carbocycles. The van der Waals surface area contributed by atoms with Gasteiger partial charge >= 0.3 is 5.97 Å². The highest BCUT2D eigenvalue weighted by atomic mass is 16.4. The second-order valence-corrected chi connectivity index (χ2v) is 6.21. The van der Waals surface area contributed by atoms with Crippen molar-refractivity contribution in [1.29, 1.82) is 0 Å². The lowest BCUT2D eigenvalue weighted by Crippen LogP contribution is -2.40. The number of rotatable bonds is 6. The number of hydrogen-bond acceptors (Lipinski definition) is 2. The lowest BCUT2D eigenvalue weighted by Gasteiger charge is -2.33. The number of carbonyl (C=O) groups excluding carboxylic acids is 1. The van der Waals surface area contributed by atoms with Crippen LogP contribution in [0.15, 0.2) is 0 Å². The van der Waals surface area contributed by atoms with Crippen molar-refractivity contribution in [3.05, 3.63) is 0 Å². The molecule has 0 radical (unpaired) electrons. The van der Waals surface area contributed by atoms with Crippen LogP contribution in [0.25, 0.3) is 0 Å². The summed E-state index contributed by atoms with van der Waals surface area (Å²) < 4.78 is 0. The monoisotopic (exact) mass is 269 g/mol. The van der Waals surface area contributed by atoms with Gasteiger partial charge in [0, 0.05) is 25.9 Å². The molecule has 1 rings (SSSR count). The van der Waals surface area contributed by atoms with Gasteiger partial charge in [-0.2, -0.15) is 0 Å². The van der Waals surface area contributed by atoms with Crippen molar-refractivity contribution in [3.8, 4) is 0 Å². The van der Waals surface area contributed by atoms with Crippen LogP contribution < -0.4 is 0 Å². The Morgan fingerprint density at radius 2 is 2.00 bits per heavy atom. The first-order valence-electron chi connectivity index (χ1n) is 7.39. The molecule has 0 aromatic heterocycles. The van der Waals surface area contributed by atoms with Crippen molar-refractivity contribution in [2.45, 2.75) is 52.9 Å². The molecule has 0 aliphatic carbocycles. The van der Waals surface area contributed by atoms with Crippen molar-refractivity contribution < 1.29 is 14.7 Å². The Labute approximate surface area is 116 Å². The van der Waals surface area contributed by atoms with Gasteiger partial charge in [0.1, 0.15) is 0 Å². The average Bonchev–Trinajstić information content (AvgIpc) is 2.36. The fraction of sp³-hybridized carbons (Fsp3) is 0.867. The van der Waals surface area contributed by atoms with Crippen LogP contribution >= 0.6 is 0 Å². The van der Waals surface area contributed by atoms with Crippen molar-refractivity contribution in [2.24, 2.45) is 17.8 Å². The van der Waals surface area contributed by atoms with Crippen LogP contribution in [0, 0.1) is 17.8 Å². The van der Waals surface area contributed by atoms with Gasteiger partial charge in [-0.15, -0.1) is 0 Å². The van der Waals surface area contributed by atoms with Gasteiger partial charge in [0.25, 0.3) is 0 Å². The van der Waals surface area contributed by atoms with E-state index in [0.717, 1.165) is 25.9 Å². The van der Waals surface area contributed by atoms with Crippen molar-refractivity contribution in [2.75, 3.05) is 13.1 Å². The standard InChI is InChI=1S/C15H27NO3/c1-11(2)12(3)9-14(17)16-8-4-5-13(10-16)6-7-15(18)19/h11-13H,4-10H2,1-3H3,(H,18,19). The number of hydrogen-bond donors (Lipinski definition) is 1. The van der Waals surface area contributed by atoms with Crippen LogP contribution in [0.1, 0.15) is 52.9 Å². The first-order valence-corrected chi connectivity index (χ1v) is 7.39. The second kappa shape index (κ2) is 7.51. The van der Waals surface area contributed by atoms with Crippen LogP contribution in [-0.2, 0) is 9.59 Å². The van der Waals surface area contributed by atoms with Crippen molar-refractivity contribution in [1.82, 2.24) is 4.90 Å². The van der Waals surface area contributed by atoms with Gasteiger partial charge in [0.15, 0.2) is 0 Å². The summed E-state index contributed by atoms with van der Waals surface area (Å²) in [4.78, 5) is 24.7. The van der Waals surface area contributed by atoms with Crippen molar-refractivity contribution >= 4 is 11.9 Å². The summed E-state index contributed by atoms with van der Waals surface area (Å²) in [7, 11) is 0. The maximum Gasteiger partial charge on any atom is 0.303 e. The Balaban J connectivity index is 2.41. The number of carboxylic acids is 1. The van der Waals surface area contributed by atoms with E-state index in [1.165, 1.54) is 0 Å². The number of carbonyl (C=O) groups is 2. The van der Waals surface area contributed by atoms with Gasteiger partial charge in [-0.05, 0) is 37.0 Å². The second-order valence-electron chi connectivity index (χ2n) is 6.21. The summed E-state index contributed by atoms with van der Waals surface area (Å²) in [6, 6.07) is 0. The predicted octanol–water partition coefficient (Wildman–Crippen LogP) is 2.77. The van der Waals surface area contributed by atoms with Crippen molar-refractivity contribution in [3.63, 3.8) is 0 Å². The van der Waals surface area contributed by atoms with Gasteiger partial charge < -0.3 is 10.0 Å². The number of likely N-dealkylation sites (tertiary alicyclic amines) is 1. The van der Waals surface area contributed by atoms with Crippen LogP contribution in [-0.4, -0.2) is 35.0 Å². The number of piperidine rings is 1. The van der Waals surface area contributed by atoms with Crippen LogP contribution in [0.4, 0.5) is 0 Å². The molecule has 110 valence electrons. The maximum absolute atomic E-state index is 12.2. The summed E-state index contributed by atoms with van der Waals surface area (Å²) >= 11 is 0. The van der Waals surface area contributed by atoms with E-state index in [4.69, 9.17) is 5.11 Å². The third-order valence-electron chi connectivity index (χ3n) is 4.27. The van der Waals surface area contributed by atoms with Gasteiger partial charge in [0.05, 0.1) is 0 Å². The smallest absolute Gasteiger partial charge is 0.303 e. The third kappa shape index (κ3) is 5.62. The first-order chi connectivity index (χ1) is 8.90. The molecule has 4 nitrogen and oxygen atoms in total. The Bertz CT molecular complexity index is 315. The number of amides is 1. The highest BCUT2D eigenvalue weighted by molar-refractivity contribution is 5.76. The molecule has 2 atom stereocenters. The summed E-state index contributed by atoms with van der Waals surface area (Å²) in [5.74, 6) is 0.796. The minimum absolute atomic E-state index is 0.217. The Hall–Kier alpha value is -1.06. The summed E-state index contributed by atoms with van der Waals surface area (Å²) in [6.45, 7) is 7.99. The molecule has 1 aliphatic rings. The molecular weight excluding hydrogens is 242 g/mol. The maximum atomic E-state index is 12.2. The zero-order valence-corrected chi connectivity index (χ0v) is 12.4. The zero-order chi connectivity index (χ0) is 14.4. The van der Waals surface area contributed by atoms with Crippen LogP contribution in [0.2, 0.25) is 0 Å². The Morgan fingerprint density at radius 3 is 2.58 bits per heavy atom. The minimum atomic E-state index is -0.739. The number of carboxylic acid groups (broad SMARTS) is 1. The van der Waals surface area contributed by atoms with Crippen LogP contribution in [0.5, 0.6) is 0 Å². The molecular formula is C15H27NO3. The molecule has 2 unspecified atom stereocenters. The molecule has 1 amide bonds. The van der Waals surface area contributed by atoms with E-state index in [-0.39, 0.29) is 12.3 Å². The number of nitrogens with zero attached hydrogens (tertiary/aromatic N) is 1. The molecule has 1 fully saturated rings. The fourth-order valence-electron chi connectivity index (χ4n) is 2.50. The molecule has 19 heavy (non-hydrogen) atoms. The third-order valence-corrected chi connectivity index (χ3v) is 4.27. The van der Waals surface area contributed by atoms with Gasteiger partial charge in [-0.25, -0.2) is 0 Å². The summed E-state index contributed by atoms with van der Waals surface area (Å²) in [6.07, 6.45) is 3.58. The van der Waals surface area contributed by atoms with E-state index < -0.39 is 5.97 Å². The molecule has 1 N–H and O–H groups in total. The quantitative estimate of drug-likeness (QED) is 0.806. The normalized spacial score (nSPS) is 21.5. The van der Waals surface area contributed by atoms with Gasteiger partial charge in [-0.3, -0.25) is 9.59 Å². The molecule has 1 saturated heterocycles. The van der Waals surface area contributed by atoms with E-state index >= 15 is 0 Å². The molecule has 1 aliphatic heterocycles. The van der Waals surface area contributed by atoms with E-state index in [1.807, 2.05) is 4.90 Å². The Kier molecular flexibility index (Phi) is 6.32. The van der Waals surface area contributed by atoms with E-state index in [9.17, 15) is 9.59 Å².